The Kier molecular flexibility index (Phi) is 6.79. The summed E-state index contributed by atoms with van der Waals surface area (Å²) >= 11 is -0.141. The zero-order chi connectivity index (χ0) is 26.0. The van der Waals surface area contributed by atoms with E-state index in [2.05, 4.69) is 15.1 Å². The summed E-state index contributed by atoms with van der Waals surface area (Å²) in [6, 6.07) is 13.7. The molecule has 0 fully saturated rings. The minimum atomic E-state index is -4.31. The van der Waals surface area contributed by atoms with Crippen LogP contribution in [0.4, 0.5) is 13.2 Å². The molecule has 0 amide bonds. The fraction of sp³-hybridized carbons (Fsp3) is 0.192. The van der Waals surface area contributed by atoms with Crippen LogP contribution in [0.3, 0.4) is 0 Å². The van der Waals surface area contributed by atoms with Gasteiger partial charge in [-0.3, -0.25) is 4.68 Å². The van der Waals surface area contributed by atoms with E-state index in [4.69, 9.17) is 9.47 Å². The fourth-order valence-electron chi connectivity index (χ4n) is 3.87. The number of alkyl halides is 3. The summed E-state index contributed by atoms with van der Waals surface area (Å²) in [6.45, 7) is 0.729. The van der Waals surface area contributed by atoms with Gasteiger partial charge in [0.25, 0.3) is 0 Å². The van der Waals surface area contributed by atoms with Crippen molar-refractivity contribution in [2.24, 2.45) is 7.05 Å². The molecule has 0 aliphatic rings. The fourth-order valence-corrected chi connectivity index (χ4v) is 4.41. The van der Waals surface area contributed by atoms with Crippen molar-refractivity contribution in [3.05, 3.63) is 84.6 Å². The van der Waals surface area contributed by atoms with Gasteiger partial charge in [0.05, 0.1) is 26.2 Å². The van der Waals surface area contributed by atoms with E-state index in [-0.39, 0.29) is 23.3 Å². The number of pyridine rings is 1. The van der Waals surface area contributed by atoms with E-state index in [1.807, 2.05) is 48.3 Å². The number of thioether (sulfide) groups is 1. The molecule has 5 rings (SSSR count). The van der Waals surface area contributed by atoms with Gasteiger partial charge in [-0.2, -0.15) is 18.3 Å². The van der Waals surface area contributed by atoms with Gasteiger partial charge in [-0.05, 0) is 53.2 Å². The number of aromatic nitrogens is 5. The topological polar surface area (TPSA) is 67.0 Å². The van der Waals surface area contributed by atoms with E-state index in [0.29, 0.717) is 18.0 Å². The van der Waals surface area contributed by atoms with Crippen LogP contribution < -0.4 is 9.47 Å². The third kappa shape index (κ3) is 5.88. The summed E-state index contributed by atoms with van der Waals surface area (Å²) in [5.41, 5.74) is 0.877. The zero-order valence-corrected chi connectivity index (χ0v) is 20.8. The van der Waals surface area contributed by atoms with E-state index < -0.39 is 5.51 Å². The van der Waals surface area contributed by atoms with Crippen molar-refractivity contribution in [1.29, 1.82) is 0 Å². The molecule has 3 aromatic heterocycles. The number of hydrogen-bond acceptors (Lipinski definition) is 6. The van der Waals surface area contributed by atoms with Gasteiger partial charge < -0.3 is 14.0 Å². The van der Waals surface area contributed by atoms with Crippen LogP contribution in [0.5, 0.6) is 11.5 Å². The zero-order valence-electron chi connectivity index (χ0n) is 19.9. The maximum absolute atomic E-state index is 12.5. The van der Waals surface area contributed by atoms with Crippen molar-refractivity contribution in [2.75, 3.05) is 7.11 Å². The molecule has 0 unspecified atom stereocenters. The summed E-state index contributed by atoms with van der Waals surface area (Å²) in [5.74, 6) is 1.09. The molecule has 11 heteroatoms. The first-order valence-electron chi connectivity index (χ1n) is 11.2. The summed E-state index contributed by atoms with van der Waals surface area (Å²) in [5, 5.41) is 4.21. The van der Waals surface area contributed by atoms with Gasteiger partial charge in [0.2, 0.25) is 0 Å². The van der Waals surface area contributed by atoms with Gasteiger partial charge in [-0.15, -0.1) is 0 Å². The molecule has 7 nitrogen and oxygen atoms in total. The standard InChI is InChI=1S/C26H22F3N5O2S/c1-33-14-20(12-32-33)19-10-22-25(30-11-19)34(16-31-22)13-18-5-8-23(24(9-18)35-2)36-15-17-3-6-21(7-4-17)37-26(27,28)29/h3-12,14,16H,13,15H2,1-2H3. The molecule has 37 heavy (non-hydrogen) atoms. The van der Waals surface area contributed by atoms with Crippen molar-refractivity contribution in [3.63, 3.8) is 0 Å². The number of halogens is 3. The number of benzene rings is 2. The normalized spacial score (nSPS) is 11.7. The second kappa shape index (κ2) is 10.2. The number of imidazole rings is 1. The van der Waals surface area contributed by atoms with E-state index in [9.17, 15) is 13.2 Å². The van der Waals surface area contributed by atoms with Crippen molar-refractivity contribution in [1.82, 2.24) is 24.3 Å². The maximum Gasteiger partial charge on any atom is 0.446 e. The number of fused-ring (bicyclic) bond motifs is 1. The average molecular weight is 526 g/mol. The molecule has 3 heterocycles. The van der Waals surface area contributed by atoms with Gasteiger partial charge in [-0.1, -0.05) is 18.2 Å². The Hall–Kier alpha value is -3.99. The first-order chi connectivity index (χ1) is 17.8. The lowest BCUT2D eigenvalue weighted by atomic mass is 10.1. The lowest BCUT2D eigenvalue weighted by Crippen LogP contribution is -2.02. The minimum absolute atomic E-state index is 0.132. The van der Waals surface area contributed by atoms with Gasteiger partial charge >= 0.3 is 5.51 Å². The molecule has 0 saturated heterocycles. The second-order valence-corrected chi connectivity index (χ2v) is 9.45. The van der Waals surface area contributed by atoms with Crippen molar-refractivity contribution >= 4 is 22.9 Å². The molecule has 0 aliphatic carbocycles. The number of nitrogens with zero attached hydrogens (tertiary/aromatic N) is 5. The van der Waals surface area contributed by atoms with Crippen LogP contribution in [0.1, 0.15) is 11.1 Å². The first kappa shape index (κ1) is 24.7. The van der Waals surface area contributed by atoms with Gasteiger partial charge in [0.15, 0.2) is 17.1 Å². The highest BCUT2D eigenvalue weighted by atomic mass is 32.2. The smallest absolute Gasteiger partial charge is 0.446 e. The number of aryl methyl sites for hydroxylation is 1. The Morgan fingerprint density at radius 2 is 1.70 bits per heavy atom. The lowest BCUT2D eigenvalue weighted by molar-refractivity contribution is -0.0328. The van der Waals surface area contributed by atoms with E-state index in [1.54, 1.807) is 36.4 Å². The Morgan fingerprint density at radius 1 is 0.919 bits per heavy atom. The predicted octanol–water partition coefficient (Wildman–Crippen LogP) is 6.08. The van der Waals surface area contributed by atoms with Gasteiger partial charge in [-0.25, -0.2) is 9.97 Å². The summed E-state index contributed by atoms with van der Waals surface area (Å²) in [7, 11) is 3.43. The van der Waals surface area contributed by atoms with Crippen LogP contribution in [-0.4, -0.2) is 36.9 Å². The van der Waals surface area contributed by atoms with Gasteiger partial charge in [0, 0.05) is 35.5 Å². The summed E-state index contributed by atoms with van der Waals surface area (Å²) in [6.07, 6.45) is 7.28. The number of hydrogen-bond donors (Lipinski definition) is 0. The quantitative estimate of drug-likeness (QED) is 0.229. The van der Waals surface area contributed by atoms with Crippen LogP contribution in [0, 0.1) is 0 Å². The van der Waals surface area contributed by atoms with Crippen molar-refractivity contribution in [2.45, 2.75) is 23.6 Å². The Balaban J connectivity index is 1.27. The molecule has 0 aliphatic heterocycles. The largest absolute Gasteiger partial charge is 0.493 e. The predicted molar refractivity (Wildman–Crippen MR) is 135 cm³/mol. The van der Waals surface area contributed by atoms with Crippen LogP contribution in [0.2, 0.25) is 0 Å². The summed E-state index contributed by atoms with van der Waals surface area (Å²) in [4.78, 5) is 9.26. The minimum Gasteiger partial charge on any atom is -0.493 e. The first-order valence-corrected chi connectivity index (χ1v) is 12.0. The van der Waals surface area contributed by atoms with Crippen LogP contribution >= 0.6 is 11.8 Å². The molecular formula is C26H22F3N5O2S. The maximum atomic E-state index is 12.5. The number of ether oxygens (including phenoxy) is 2. The lowest BCUT2D eigenvalue weighted by Gasteiger charge is -2.13. The second-order valence-electron chi connectivity index (χ2n) is 8.31. The molecule has 0 radical (unpaired) electrons. The van der Waals surface area contributed by atoms with Crippen molar-refractivity contribution < 1.29 is 22.6 Å². The van der Waals surface area contributed by atoms with Crippen LogP contribution in [0.15, 0.2) is 78.3 Å². The van der Waals surface area contributed by atoms with E-state index in [1.165, 1.54) is 12.1 Å². The monoisotopic (exact) mass is 525 g/mol. The summed E-state index contributed by atoms with van der Waals surface area (Å²) < 4.78 is 52.7. The highest BCUT2D eigenvalue weighted by molar-refractivity contribution is 8.00. The molecular weight excluding hydrogens is 503 g/mol. The Bertz CT molecular complexity index is 1530. The van der Waals surface area contributed by atoms with Crippen molar-refractivity contribution in [3.8, 4) is 22.6 Å². The molecule has 0 atom stereocenters. The molecule has 5 aromatic rings. The highest BCUT2D eigenvalue weighted by Crippen LogP contribution is 2.37. The average Bonchev–Trinajstić information content (AvgIpc) is 3.49. The Labute approximate surface area is 214 Å². The van der Waals surface area contributed by atoms with Crippen LogP contribution in [-0.2, 0) is 20.2 Å². The number of rotatable bonds is 8. The molecule has 0 bridgehead atoms. The molecule has 0 saturated carbocycles. The third-order valence-corrected chi connectivity index (χ3v) is 6.37. The Morgan fingerprint density at radius 3 is 2.41 bits per heavy atom. The van der Waals surface area contributed by atoms with Gasteiger partial charge in [0.1, 0.15) is 12.1 Å². The van der Waals surface area contributed by atoms with E-state index in [0.717, 1.165) is 33.4 Å². The third-order valence-electron chi connectivity index (χ3n) is 5.63. The van der Waals surface area contributed by atoms with E-state index >= 15 is 0 Å². The number of methoxy groups -OCH3 is 1. The molecule has 190 valence electrons. The molecule has 0 spiro atoms. The molecule has 2 aromatic carbocycles. The molecule has 0 N–H and O–H groups in total. The van der Waals surface area contributed by atoms with Crippen LogP contribution in [0.25, 0.3) is 22.3 Å². The SMILES string of the molecule is COc1cc(Cn2cnc3cc(-c4cnn(C)c4)cnc32)ccc1OCc1ccc(SC(F)(F)F)cc1. The highest BCUT2D eigenvalue weighted by Gasteiger charge is 2.29.